The summed E-state index contributed by atoms with van der Waals surface area (Å²) in [6.07, 6.45) is 8.57. The summed E-state index contributed by atoms with van der Waals surface area (Å²) in [6.45, 7) is 0.0341. The van der Waals surface area contributed by atoms with E-state index in [-0.39, 0.29) is 6.61 Å². The van der Waals surface area contributed by atoms with Crippen molar-refractivity contribution in [3.8, 4) is 0 Å². The van der Waals surface area contributed by atoms with Crippen LogP contribution in [0.2, 0.25) is 0 Å². The van der Waals surface area contributed by atoms with Crippen LogP contribution in [0, 0.1) is 0 Å². The average Bonchev–Trinajstić information content (AvgIpc) is 2.95. The van der Waals surface area contributed by atoms with E-state index in [0.717, 1.165) is 16.9 Å². The second kappa shape index (κ2) is 3.87. The van der Waals surface area contributed by atoms with Crippen molar-refractivity contribution in [2.45, 2.75) is 38.2 Å². The molecule has 0 amide bonds. The summed E-state index contributed by atoms with van der Waals surface area (Å²) in [6, 6.07) is 1.86. The smallest absolute Gasteiger partial charge is 0.160 e. The van der Waals surface area contributed by atoms with Crippen molar-refractivity contribution < 1.29 is 5.11 Å². The topological polar surface area (TPSA) is 50.4 Å². The van der Waals surface area contributed by atoms with Crippen LogP contribution in [0.4, 0.5) is 0 Å². The van der Waals surface area contributed by atoms with Gasteiger partial charge in [-0.1, -0.05) is 12.8 Å². The first-order valence-corrected chi connectivity index (χ1v) is 5.83. The fourth-order valence-electron chi connectivity index (χ4n) is 2.63. The Morgan fingerprint density at radius 2 is 2.19 bits per heavy atom. The molecule has 0 unspecified atom stereocenters. The SMILES string of the molecule is OCc1c(C2CCCC2)nn2cccnc12. The molecule has 0 radical (unpaired) electrons. The number of aromatic nitrogens is 3. The lowest BCUT2D eigenvalue weighted by molar-refractivity contribution is 0.281. The molecule has 0 saturated heterocycles. The van der Waals surface area contributed by atoms with Gasteiger partial charge >= 0.3 is 0 Å². The van der Waals surface area contributed by atoms with Crippen LogP contribution < -0.4 is 0 Å². The first-order valence-electron chi connectivity index (χ1n) is 5.83. The minimum absolute atomic E-state index is 0.0341. The summed E-state index contributed by atoms with van der Waals surface area (Å²) in [5.41, 5.74) is 2.76. The summed E-state index contributed by atoms with van der Waals surface area (Å²) in [5.74, 6) is 0.517. The third kappa shape index (κ3) is 1.41. The molecule has 2 aromatic rings. The normalized spacial score (nSPS) is 17.3. The summed E-state index contributed by atoms with van der Waals surface area (Å²) in [7, 11) is 0. The zero-order valence-corrected chi connectivity index (χ0v) is 9.13. The molecule has 16 heavy (non-hydrogen) atoms. The van der Waals surface area contributed by atoms with Crippen molar-refractivity contribution in [3.63, 3.8) is 0 Å². The molecule has 0 aliphatic heterocycles. The number of aliphatic hydroxyl groups excluding tert-OH is 1. The Kier molecular flexibility index (Phi) is 2.36. The van der Waals surface area contributed by atoms with Gasteiger partial charge in [-0.3, -0.25) is 0 Å². The summed E-state index contributed by atoms with van der Waals surface area (Å²) in [4.78, 5) is 4.28. The van der Waals surface area contributed by atoms with Crippen molar-refractivity contribution in [2.75, 3.05) is 0 Å². The Morgan fingerprint density at radius 3 is 2.94 bits per heavy atom. The predicted molar refractivity (Wildman–Crippen MR) is 60.1 cm³/mol. The van der Waals surface area contributed by atoms with Crippen LogP contribution in [0.5, 0.6) is 0 Å². The van der Waals surface area contributed by atoms with E-state index in [4.69, 9.17) is 0 Å². The number of nitrogens with zero attached hydrogens (tertiary/aromatic N) is 3. The lowest BCUT2D eigenvalue weighted by Crippen LogP contribution is -1.98. The molecule has 0 bridgehead atoms. The Bertz CT molecular complexity index is 500. The van der Waals surface area contributed by atoms with Crippen molar-refractivity contribution >= 4 is 5.65 Å². The number of hydrogen-bond donors (Lipinski definition) is 1. The maximum absolute atomic E-state index is 9.47. The van der Waals surface area contributed by atoms with Crippen molar-refractivity contribution in [1.29, 1.82) is 0 Å². The Balaban J connectivity index is 2.15. The minimum Gasteiger partial charge on any atom is -0.391 e. The van der Waals surface area contributed by atoms with Crippen LogP contribution in [-0.2, 0) is 6.61 Å². The monoisotopic (exact) mass is 217 g/mol. The molecule has 1 aliphatic rings. The summed E-state index contributed by atoms with van der Waals surface area (Å²) >= 11 is 0. The van der Waals surface area contributed by atoms with Crippen LogP contribution in [0.15, 0.2) is 18.5 Å². The van der Waals surface area contributed by atoms with Gasteiger partial charge in [0, 0.05) is 23.9 Å². The van der Waals surface area contributed by atoms with E-state index in [1.807, 2.05) is 12.3 Å². The first kappa shape index (κ1) is 9.78. The molecule has 1 aliphatic carbocycles. The molecule has 3 rings (SSSR count). The summed E-state index contributed by atoms with van der Waals surface area (Å²) in [5, 5.41) is 14.0. The van der Waals surface area contributed by atoms with Gasteiger partial charge in [-0.15, -0.1) is 0 Å². The maximum atomic E-state index is 9.47. The van der Waals surface area contributed by atoms with Gasteiger partial charge in [0.25, 0.3) is 0 Å². The van der Waals surface area contributed by atoms with E-state index < -0.39 is 0 Å². The average molecular weight is 217 g/mol. The van der Waals surface area contributed by atoms with Crippen molar-refractivity contribution in [1.82, 2.24) is 14.6 Å². The second-order valence-corrected chi connectivity index (χ2v) is 4.39. The highest BCUT2D eigenvalue weighted by Crippen LogP contribution is 2.35. The first-order chi connectivity index (χ1) is 7.90. The number of hydrogen-bond acceptors (Lipinski definition) is 3. The fourth-order valence-corrected chi connectivity index (χ4v) is 2.63. The standard InChI is InChI=1S/C12H15N3O/c16-8-10-11(9-4-1-2-5-9)14-15-7-3-6-13-12(10)15/h3,6-7,9,16H,1-2,4-5,8H2. The van der Waals surface area contributed by atoms with E-state index >= 15 is 0 Å². The van der Waals surface area contributed by atoms with Gasteiger partial charge in [-0.2, -0.15) is 5.10 Å². The summed E-state index contributed by atoms with van der Waals surface area (Å²) < 4.78 is 1.78. The predicted octanol–water partition coefficient (Wildman–Crippen LogP) is 1.88. The third-order valence-corrected chi connectivity index (χ3v) is 3.42. The third-order valence-electron chi connectivity index (χ3n) is 3.42. The minimum atomic E-state index is 0.0341. The van der Waals surface area contributed by atoms with Crippen LogP contribution in [0.3, 0.4) is 0 Å². The van der Waals surface area contributed by atoms with Gasteiger partial charge in [0.05, 0.1) is 12.3 Å². The van der Waals surface area contributed by atoms with Gasteiger partial charge in [0.1, 0.15) is 0 Å². The molecule has 0 spiro atoms. The zero-order chi connectivity index (χ0) is 11.0. The fraction of sp³-hybridized carbons (Fsp3) is 0.500. The number of rotatable bonds is 2. The second-order valence-electron chi connectivity index (χ2n) is 4.39. The van der Waals surface area contributed by atoms with Gasteiger partial charge in [0.2, 0.25) is 0 Å². The maximum Gasteiger partial charge on any atom is 0.160 e. The molecule has 84 valence electrons. The van der Waals surface area contributed by atoms with Crippen LogP contribution >= 0.6 is 0 Å². The molecular weight excluding hydrogens is 202 g/mol. The van der Waals surface area contributed by atoms with E-state index in [0.29, 0.717) is 5.92 Å². The van der Waals surface area contributed by atoms with E-state index in [2.05, 4.69) is 10.1 Å². The molecule has 4 nitrogen and oxygen atoms in total. The Hall–Kier alpha value is -1.42. The molecule has 1 saturated carbocycles. The van der Waals surface area contributed by atoms with Gasteiger partial charge in [-0.05, 0) is 18.9 Å². The molecule has 2 aromatic heterocycles. The highest BCUT2D eigenvalue weighted by molar-refractivity contribution is 5.50. The zero-order valence-electron chi connectivity index (χ0n) is 9.13. The lowest BCUT2D eigenvalue weighted by atomic mass is 10.0. The molecule has 1 N–H and O–H groups in total. The quantitative estimate of drug-likeness (QED) is 0.835. The highest BCUT2D eigenvalue weighted by atomic mass is 16.3. The Morgan fingerprint density at radius 1 is 1.38 bits per heavy atom. The number of fused-ring (bicyclic) bond motifs is 1. The van der Waals surface area contributed by atoms with E-state index in [9.17, 15) is 5.11 Å². The molecule has 2 heterocycles. The van der Waals surface area contributed by atoms with Crippen molar-refractivity contribution in [2.24, 2.45) is 0 Å². The van der Waals surface area contributed by atoms with E-state index in [1.54, 1.807) is 10.7 Å². The Labute approximate surface area is 93.9 Å². The molecule has 4 heteroatoms. The van der Waals surface area contributed by atoms with Crippen molar-refractivity contribution in [3.05, 3.63) is 29.7 Å². The van der Waals surface area contributed by atoms with Gasteiger partial charge in [-0.25, -0.2) is 9.50 Å². The van der Waals surface area contributed by atoms with Gasteiger partial charge in [0.15, 0.2) is 5.65 Å². The molecule has 1 fully saturated rings. The molecule has 0 aromatic carbocycles. The molecular formula is C12H15N3O. The van der Waals surface area contributed by atoms with E-state index in [1.165, 1.54) is 25.7 Å². The largest absolute Gasteiger partial charge is 0.391 e. The number of aliphatic hydroxyl groups is 1. The lowest BCUT2D eigenvalue weighted by Gasteiger charge is -2.06. The van der Waals surface area contributed by atoms with Crippen LogP contribution in [0.1, 0.15) is 42.9 Å². The van der Waals surface area contributed by atoms with Crippen LogP contribution in [-0.4, -0.2) is 19.7 Å². The molecule has 0 atom stereocenters. The van der Waals surface area contributed by atoms with Crippen LogP contribution in [0.25, 0.3) is 5.65 Å². The van der Waals surface area contributed by atoms with Gasteiger partial charge < -0.3 is 5.11 Å². The highest BCUT2D eigenvalue weighted by Gasteiger charge is 2.24.